The van der Waals surface area contributed by atoms with E-state index in [1.54, 1.807) is 25.4 Å². The molecule has 2 N–H and O–H groups in total. The highest BCUT2D eigenvalue weighted by Gasteiger charge is 2.01. The molecular weight excluding hydrogens is 474 g/mol. The summed E-state index contributed by atoms with van der Waals surface area (Å²) in [5.74, 6) is 1.07. The summed E-state index contributed by atoms with van der Waals surface area (Å²) < 4.78 is 23.6. The van der Waals surface area contributed by atoms with E-state index in [0.29, 0.717) is 38.1 Å². The molecule has 1 aromatic heterocycles. The van der Waals surface area contributed by atoms with Gasteiger partial charge in [0.1, 0.15) is 12.4 Å². The largest absolute Gasteiger partial charge is 0.475 e. The molecule has 2 aromatic rings. The second-order valence-electron chi connectivity index (χ2n) is 5.85. The van der Waals surface area contributed by atoms with E-state index in [0.717, 1.165) is 24.1 Å². The maximum atomic E-state index is 13.2. The predicted octanol–water partition coefficient (Wildman–Crippen LogP) is 3.16. The molecule has 1 heterocycles. The van der Waals surface area contributed by atoms with Crippen LogP contribution in [0.3, 0.4) is 0 Å². The molecule has 154 valence electrons. The summed E-state index contributed by atoms with van der Waals surface area (Å²) in [5.41, 5.74) is 1.93. The number of pyridine rings is 1. The fourth-order valence-corrected chi connectivity index (χ4v) is 2.35. The van der Waals surface area contributed by atoms with E-state index in [-0.39, 0.29) is 29.8 Å². The van der Waals surface area contributed by atoms with Crippen LogP contribution in [0.15, 0.2) is 47.6 Å². The van der Waals surface area contributed by atoms with E-state index in [2.05, 4.69) is 20.6 Å². The van der Waals surface area contributed by atoms with Crippen molar-refractivity contribution in [3.63, 3.8) is 0 Å². The Bertz CT molecular complexity index is 714. The Hall–Kier alpha value is -1.94. The molecule has 0 aliphatic carbocycles. The third kappa shape index (κ3) is 9.32. The summed E-state index contributed by atoms with van der Waals surface area (Å²) in [6.07, 6.45) is 2.47. The molecule has 0 fully saturated rings. The van der Waals surface area contributed by atoms with Crippen molar-refractivity contribution in [1.29, 1.82) is 0 Å². The van der Waals surface area contributed by atoms with Gasteiger partial charge in [-0.1, -0.05) is 18.2 Å². The standard InChI is InChI=1S/C20H27FN4O2.HI/c1-3-22-20(23-10-9-16-5-4-6-18(21)13-16)25-15-17-7-8-19(24-14-17)27-12-11-26-2;/h4-8,13-14H,3,9-12,15H2,1-2H3,(H2,22,23,25);1H. The minimum atomic E-state index is -0.213. The van der Waals surface area contributed by atoms with Crippen molar-refractivity contribution in [1.82, 2.24) is 15.6 Å². The zero-order chi connectivity index (χ0) is 19.3. The third-order valence-corrected chi connectivity index (χ3v) is 3.69. The van der Waals surface area contributed by atoms with E-state index >= 15 is 0 Å². The first-order chi connectivity index (χ1) is 13.2. The van der Waals surface area contributed by atoms with Crippen molar-refractivity contribution in [3.05, 3.63) is 59.5 Å². The molecule has 0 bridgehead atoms. The zero-order valence-corrected chi connectivity index (χ0v) is 18.6. The van der Waals surface area contributed by atoms with Crippen LogP contribution < -0.4 is 15.4 Å². The van der Waals surface area contributed by atoms with Crippen LogP contribution in [0.4, 0.5) is 4.39 Å². The van der Waals surface area contributed by atoms with E-state index in [4.69, 9.17) is 9.47 Å². The van der Waals surface area contributed by atoms with Gasteiger partial charge in [0.05, 0.1) is 13.2 Å². The van der Waals surface area contributed by atoms with Crippen molar-refractivity contribution >= 4 is 29.9 Å². The van der Waals surface area contributed by atoms with Gasteiger partial charge >= 0.3 is 0 Å². The third-order valence-electron chi connectivity index (χ3n) is 3.69. The molecule has 2 rings (SSSR count). The number of aromatic nitrogens is 1. The molecule has 8 heteroatoms. The van der Waals surface area contributed by atoms with E-state index < -0.39 is 0 Å². The summed E-state index contributed by atoms with van der Waals surface area (Å²) in [5, 5.41) is 6.46. The van der Waals surface area contributed by atoms with Crippen LogP contribution in [0.25, 0.3) is 0 Å². The lowest BCUT2D eigenvalue weighted by molar-refractivity contribution is 0.143. The molecule has 1 aromatic carbocycles. The Morgan fingerprint density at radius 3 is 2.68 bits per heavy atom. The van der Waals surface area contributed by atoms with Gasteiger partial charge in [-0.2, -0.15) is 0 Å². The number of rotatable bonds is 10. The fourth-order valence-electron chi connectivity index (χ4n) is 2.35. The monoisotopic (exact) mass is 502 g/mol. The van der Waals surface area contributed by atoms with Gasteiger partial charge in [-0.15, -0.1) is 24.0 Å². The van der Waals surface area contributed by atoms with Gasteiger partial charge in [-0.25, -0.2) is 14.4 Å². The average molecular weight is 502 g/mol. The normalized spacial score (nSPS) is 10.9. The number of guanidine groups is 1. The Labute approximate surface area is 183 Å². The van der Waals surface area contributed by atoms with Crippen LogP contribution in [0, 0.1) is 5.82 Å². The number of nitrogens with one attached hydrogen (secondary N) is 2. The van der Waals surface area contributed by atoms with Crippen LogP contribution >= 0.6 is 24.0 Å². The second kappa shape index (κ2) is 14.1. The number of hydrogen-bond acceptors (Lipinski definition) is 4. The first-order valence-corrected chi connectivity index (χ1v) is 9.04. The molecule has 0 saturated heterocycles. The number of benzene rings is 1. The quantitative estimate of drug-likeness (QED) is 0.226. The molecule has 0 atom stereocenters. The molecule has 0 aliphatic heterocycles. The van der Waals surface area contributed by atoms with Gasteiger partial charge in [0, 0.05) is 32.5 Å². The summed E-state index contributed by atoms with van der Waals surface area (Å²) in [4.78, 5) is 8.82. The van der Waals surface area contributed by atoms with Crippen LogP contribution in [0.1, 0.15) is 18.1 Å². The number of aliphatic imine (C=N–C) groups is 1. The number of ether oxygens (including phenoxy) is 2. The van der Waals surface area contributed by atoms with Crippen molar-refractivity contribution in [2.75, 3.05) is 33.4 Å². The van der Waals surface area contributed by atoms with E-state index in [1.165, 1.54) is 6.07 Å². The lowest BCUT2D eigenvalue weighted by atomic mass is 10.1. The van der Waals surface area contributed by atoms with Crippen molar-refractivity contribution < 1.29 is 13.9 Å². The minimum Gasteiger partial charge on any atom is -0.475 e. The van der Waals surface area contributed by atoms with Gasteiger partial charge < -0.3 is 20.1 Å². The van der Waals surface area contributed by atoms with Crippen LogP contribution in [-0.4, -0.2) is 44.4 Å². The second-order valence-corrected chi connectivity index (χ2v) is 5.85. The smallest absolute Gasteiger partial charge is 0.213 e. The topological polar surface area (TPSA) is 67.8 Å². The molecule has 0 radical (unpaired) electrons. The van der Waals surface area contributed by atoms with Crippen molar-refractivity contribution in [3.8, 4) is 5.88 Å². The highest BCUT2D eigenvalue weighted by Crippen LogP contribution is 2.08. The minimum absolute atomic E-state index is 0. The summed E-state index contributed by atoms with van der Waals surface area (Å²) in [6.45, 7) is 4.94. The van der Waals surface area contributed by atoms with Gasteiger partial charge in [0.2, 0.25) is 5.88 Å². The molecule has 0 aliphatic rings. The van der Waals surface area contributed by atoms with Gasteiger partial charge in [0.15, 0.2) is 5.96 Å². The maximum Gasteiger partial charge on any atom is 0.213 e. The Kier molecular flexibility index (Phi) is 12.1. The van der Waals surface area contributed by atoms with Gasteiger partial charge in [-0.3, -0.25) is 0 Å². The zero-order valence-electron chi connectivity index (χ0n) is 16.3. The van der Waals surface area contributed by atoms with Gasteiger partial charge in [-0.05, 0) is 36.6 Å². The Balaban J connectivity index is 0.00000392. The highest BCUT2D eigenvalue weighted by atomic mass is 127. The highest BCUT2D eigenvalue weighted by molar-refractivity contribution is 14.0. The predicted molar refractivity (Wildman–Crippen MR) is 120 cm³/mol. The Morgan fingerprint density at radius 2 is 2.00 bits per heavy atom. The van der Waals surface area contributed by atoms with Crippen LogP contribution in [0.2, 0.25) is 0 Å². The first-order valence-electron chi connectivity index (χ1n) is 9.04. The number of hydrogen-bond donors (Lipinski definition) is 2. The molecule has 0 spiro atoms. The van der Waals surface area contributed by atoms with Crippen molar-refractivity contribution in [2.24, 2.45) is 4.99 Å². The SMILES string of the molecule is CCNC(=NCc1ccc(OCCOC)nc1)NCCc1cccc(F)c1.I. The maximum absolute atomic E-state index is 13.2. The average Bonchev–Trinajstić information content (AvgIpc) is 2.67. The van der Waals surface area contributed by atoms with Crippen LogP contribution in [-0.2, 0) is 17.7 Å². The molecular formula is C20H28FIN4O2. The van der Waals surface area contributed by atoms with Gasteiger partial charge in [0.25, 0.3) is 0 Å². The molecule has 0 saturated carbocycles. The lowest BCUT2D eigenvalue weighted by Gasteiger charge is -2.11. The molecule has 6 nitrogen and oxygen atoms in total. The van der Waals surface area contributed by atoms with Crippen molar-refractivity contribution in [2.45, 2.75) is 19.9 Å². The van der Waals surface area contributed by atoms with E-state index in [9.17, 15) is 4.39 Å². The van der Waals surface area contributed by atoms with Crippen LogP contribution in [0.5, 0.6) is 5.88 Å². The fraction of sp³-hybridized carbons (Fsp3) is 0.400. The van der Waals surface area contributed by atoms with E-state index in [1.807, 2.05) is 25.1 Å². The molecule has 0 amide bonds. The number of methoxy groups -OCH3 is 1. The molecule has 28 heavy (non-hydrogen) atoms. The Morgan fingerprint density at radius 1 is 1.14 bits per heavy atom. The first kappa shape index (κ1) is 24.1. The number of halogens is 2. The summed E-state index contributed by atoms with van der Waals surface area (Å²) in [7, 11) is 1.63. The summed E-state index contributed by atoms with van der Waals surface area (Å²) in [6, 6.07) is 10.4. The lowest BCUT2D eigenvalue weighted by Crippen LogP contribution is -2.38. The number of nitrogens with zero attached hydrogens (tertiary/aromatic N) is 2. The molecule has 0 unspecified atom stereocenters. The summed E-state index contributed by atoms with van der Waals surface area (Å²) >= 11 is 0.